The molecule has 5 heteroatoms. The lowest BCUT2D eigenvalue weighted by molar-refractivity contribution is 0.0942. The highest BCUT2D eigenvalue weighted by Gasteiger charge is 2.12. The molecule has 0 spiro atoms. The number of carbonyl (C=O) groups excluding carboxylic acids is 1. The van der Waals surface area contributed by atoms with Crippen LogP contribution in [0, 0.1) is 11.6 Å². The van der Waals surface area contributed by atoms with E-state index in [2.05, 4.69) is 15.9 Å². The number of carbonyl (C=O) groups is 1. The maximum absolute atomic E-state index is 13.1. The Morgan fingerprint density at radius 3 is 2.38 bits per heavy atom. The summed E-state index contributed by atoms with van der Waals surface area (Å²) in [5.74, 6) is -2.19. The number of rotatable bonds is 5. The standard InChI is InChI=1S/C16H14BrF2NO/c1-20(9-11-2-5-13(17)6-3-11)10-16(21)12-4-7-14(18)15(19)8-12/h2-8H,9-10H2,1H3. The van der Waals surface area contributed by atoms with E-state index in [9.17, 15) is 13.6 Å². The van der Waals surface area contributed by atoms with Gasteiger partial charge in [-0.3, -0.25) is 9.69 Å². The Morgan fingerprint density at radius 2 is 1.76 bits per heavy atom. The van der Waals surface area contributed by atoms with E-state index < -0.39 is 11.6 Å². The molecule has 2 aromatic carbocycles. The minimum absolute atomic E-state index is 0.140. The Kier molecular flexibility index (Phi) is 5.20. The van der Waals surface area contributed by atoms with Crippen molar-refractivity contribution in [1.82, 2.24) is 4.90 Å². The molecule has 0 saturated carbocycles. The highest BCUT2D eigenvalue weighted by molar-refractivity contribution is 9.10. The normalized spacial score (nSPS) is 10.9. The first kappa shape index (κ1) is 15.8. The maximum atomic E-state index is 13.1. The third-order valence-electron chi connectivity index (χ3n) is 3.02. The molecule has 0 N–H and O–H groups in total. The van der Waals surface area contributed by atoms with Gasteiger partial charge in [0, 0.05) is 16.6 Å². The molecule has 2 rings (SSSR count). The van der Waals surface area contributed by atoms with Gasteiger partial charge in [-0.2, -0.15) is 0 Å². The second-order valence-electron chi connectivity index (χ2n) is 4.85. The van der Waals surface area contributed by atoms with Crippen LogP contribution in [0.5, 0.6) is 0 Å². The zero-order valence-electron chi connectivity index (χ0n) is 11.4. The van der Waals surface area contributed by atoms with Crippen LogP contribution in [-0.4, -0.2) is 24.3 Å². The van der Waals surface area contributed by atoms with Gasteiger partial charge in [-0.15, -0.1) is 0 Å². The molecule has 21 heavy (non-hydrogen) atoms. The minimum Gasteiger partial charge on any atom is -0.295 e. The van der Waals surface area contributed by atoms with Crippen LogP contribution in [0.3, 0.4) is 0 Å². The quantitative estimate of drug-likeness (QED) is 0.756. The van der Waals surface area contributed by atoms with E-state index in [1.54, 1.807) is 7.05 Å². The highest BCUT2D eigenvalue weighted by atomic mass is 79.9. The summed E-state index contributed by atoms with van der Waals surface area (Å²) in [7, 11) is 1.81. The van der Waals surface area contributed by atoms with Gasteiger partial charge in [-0.1, -0.05) is 28.1 Å². The summed E-state index contributed by atoms with van der Waals surface area (Å²) in [5.41, 5.74) is 1.25. The lowest BCUT2D eigenvalue weighted by Crippen LogP contribution is -2.25. The molecule has 0 bridgehead atoms. The van der Waals surface area contributed by atoms with Crippen molar-refractivity contribution in [3.05, 3.63) is 69.7 Å². The molecule has 2 nitrogen and oxygen atoms in total. The Bertz CT molecular complexity index is 643. The Balaban J connectivity index is 1.98. The van der Waals surface area contributed by atoms with Gasteiger partial charge in [0.1, 0.15) is 0 Å². The molecule has 0 aliphatic carbocycles. The van der Waals surface area contributed by atoms with Crippen molar-refractivity contribution >= 4 is 21.7 Å². The molecule has 0 fully saturated rings. The summed E-state index contributed by atoms with van der Waals surface area (Å²) in [6.07, 6.45) is 0. The molecule has 0 atom stereocenters. The summed E-state index contributed by atoms with van der Waals surface area (Å²) in [6.45, 7) is 0.740. The lowest BCUT2D eigenvalue weighted by atomic mass is 10.1. The largest absolute Gasteiger partial charge is 0.295 e. The monoisotopic (exact) mass is 353 g/mol. The molecule has 0 heterocycles. The molecular formula is C16H14BrF2NO. The van der Waals surface area contributed by atoms with Crippen LogP contribution in [0.25, 0.3) is 0 Å². The molecule has 0 unspecified atom stereocenters. The van der Waals surface area contributed by atoms with Gasteiger partial charge in [0.25, 0.3) is 0 Å². The molecule has 0 saturated heterocycles. The lowest BCUT2D eigenvalue weighted by Gasteiger charge is -2.16. The number of benzene rings is 2. The third-order valence-corrected chi connectivity index (χ3v) is 3.55. The summed E-state index contributed by atoms with van der Waals surface area (Å²) < 4.78 is 27.0. The number of hydrogen-bond acceptors (Lipinski definition) is 2. The summed E-state index contributed by atoms with van der Waals surface area (Å²) in [4.78, 5) is 13.9. The minimum atomic E-state index is -1.00. The van der Waals surface area contributed by atoms with Gasteiger partial charge < -0.3 is 0 Å². The Hall–Kier alpha value is -1.59. The van der Waals surface area contributed by atoms with Crippen molar-refractivity contribution in [1.29, 1.82) is 0 Å². The molecule has 110 valence electrons. The second kappa shape index (κ2) is 6.91. The zero-order chi connectivity index (χ0) is 15.4. The first-order valence-electron chi connectivity index (χ1n) is 6.37. The smallest absolute Gasteiger partial charge is 0.176 e. The van der Waals surface area contributed by atoms with E-state index in [-0.39, 0.29) is 17.9 Å². The molecule has 0 radical (unpaired) electrons. The Labute approximate surface area is 130 Å². The SMILES string of the molecule is CN(CC(=O)c1ccc(F)c(F)c1)Cc1ccc(Br)cc1. The number of ketones is 1. The van der Waals surface area contributed by atoms with Gasteiger partial charge in [0.15, 0.2) is 17.4 Å². The van der Waals surface area contributed by atoms with Crippen molar-refractivity contribution in [2.24, 2.45) is 0 Å². The number of hydrogen-bond donors (Lipinski definition) is 0. The molecule has 2 aromatic rings. The first-order valence-corrected chi connectivity index (χ1v) is 7.16. The van der Waals surface area contributed by atoms with Crippen LogP contribution >= 0.6 is 15.9 Å². The summed E-state index contributed by atoms with van der Waals surface area (Å²) >= 11 is 3.36. The number of likely N-dealkylation sites (N-methyl/N-ethyl adjacent to an activating group) is 1. The van der Waals surface area contributed by atoms with Crippen LogP contribution < -0.4 is 0 Å². The fourth-order valence-electron chi connectivity index (χ4n) is 1.96. The van der Waals surface area contributed by atoms with Crippen LogP contribution in [-0.2, 0) is 6.54 Å². The van der Waals surface area contributed by atoms with Crippen molar-refractivity contribution in [3.63, 3.8) is 0 Å². The average molecular weight is 354 g/mol. The van der Waals surface area contributed by atoms with Crippen LogP contribution in [0.15, 0.2) is 46.9 Å². The van der Waals surface area contributed by atoms with E-state index in [1.807, 2.05) is 29.2 Å². The molecule has 0 aromatic heterocycles. The van der Waals surface area contributed by atoms with Crippen molar-refractivity contribution in [3.8, 4) is 0 Å². The fraction of sp³-hybridized carbons (Fsp3) is 0.188. The molecular weight excluding hydrogens is 340 g/mol. The van der Waals surface area contributed by atoms with Crippen molar-refractivity contribution < 1.29 is 13.6 Å². The second-order valence-corrected chi connectivity index (χ2v) is 5.77. The summed E-state index contributed by atoms with van der Waals surface area (Å²) in [6, 6.07) is 11.0. The van der Waals surface area contributed by atoms with E-state index in [0.29, 0.717) is 6.54 Å². The van der Waals surface area contributed by atoms with Gasteiger partial charge in [0.2, 0.25) is 0 Å². The third kappa shape index (κ3) is 4.44. The molecule has 0 aliphatic rings. The van der Waals surface area contributed by atoms with E-state index >= 15 is 0 Å². The Morgan fingerprint density at radius 1 is 1.10 bits per heavy atom. The van der Waals surface area contributed by atoms with Crippen LogP contribution in [0.2, 0.25) is 0 Å². The van der Waals surface area contributed by atoms with Crippen LogP contribution in [0.1, 0.15) is 15.9 Å². The van der Waals surface area contributed by atoms with Gasteiger partial charge in [0.05, 0.1) is 6.54 Å². The predicted molar refractivity (Wildman–Crippen MR) is 81.2 cm³/mol. The van der Waals surface area contributed by atoms with E-state index in [1.165, 1.54) is 6.07 Å². The van der Waals surface area contributed by atoms with Crippen LogP contribution in [0.4, 0.5) is 8.78 Å². The average Bonchev–Trinajstić information content (AvgIpc) is 2.44. The van der Waals surface area contributed by atoms with Crippen molar-refractivity contribution in [2.45, 2.75) is 6.54 Å². The van der Waals surface area contributed by atoms with Gasteiger partial charge >= 0.3 is 0 Å². The zero-order valence-corrected chi connectivity index (χ0v) is 13.0. The number of Topliss-reactive ketones (excluding diaryl/α,β-unsaturated/α-hetero) is 1. The highest BCUT2D eigenvalue weighted by Crippen LogP contribution is 2.13. The summed E-state index contributed by atoms with van der Waals surface area (Å²) in [5, 5.41) is 0. The first-order chi connectivity index (χ1) is 9.95. The number of nitrogens with zero attached hydrogens (tertiary/aromatic N) is 1. The molecule has 0 amide bonds. The fourth-order valence-corrected chi connectivity index (χ4v) is 2.23. The van der Waals surface area contributed by atoms with Gasteiger partial charge in [-0.05, 0) is 42.9 Å². The number of halogens is 3. The van der Waals surface area contributed by atoms with Crippen molar-refractivity contribution in [2.75, 3.05) is 13.6 Å². The van der Waals surface area contributed by atoms with E-state index in [4.69, 9.17) is 0 Å². The molecule has 0 aliphatic heterocycles. The van der Waals surface area contributed by atoms with E-state index in [0.717, 1.165) is 22.2 Å². The topological polar surface area (TPSA) is 20.3 Å². The predicted octanol–water partition coefficient (Wildman–Crippen LogP) is 4.04. The van der Waals surface area contributed by atoms with Gasteiger partial charge in [-0.25, -0.2) is 8.78 Å². The maximum Gasteiger partial charge on any atom is 0.176 e.